The fourth-order valence-electron chi connectivity index (χ4n) is 3.43. The Hall–Kier alpha value is -2.97. The van der Waals surface area contributed by atoms with Gasteiger partial charge in [0.25, 0.3) is 5.56 Å². The van der Waals surface area contributed by atoms with Crippen molar-refractivity contribution < 1.29 is 14.3 Å². The van der Waals surface area contributed by atoms with Gasteiger partial charge in [-0.1, -0.05) is 23.5 Å². The molecular formula is C22H20N2O4S2. The predicted octanol–water partition coefficient (Wildman–Crippen LogP) is 2.87. The Kier molecular flexibility index (Phi) is 5.69. The normalized spacial score (nSPS) is 16.2. The van der Waals surface area contributed by atoms with Crippen molar-refractivity contribution in [2.24, 2.45) is 4.99 Å². The van der Waals surface area contributed by atoms with Gasteiger partial charge in [-0.25, -0.2) is 9.79 Å². The number of nitrogens with zero attached hydrogens (tertiary/aromatic N) is 2. The first-order valence-electron chi connectivity index (χ1n) is 9.39. The number of carbonyl (C=O) groups is 1. The number of rotatable bonds is 5. The molecule has 0 aliphatic carbocycles. The molecule has 4 rings (SSSR count). The lowest BCUT2D eigenvalue weighted by atomic mass is 9.95. The average Bonchev–Trinajstić information content (AvgIpc) is 3.35. The van der Waals surface area contributed by atoms with Crippen LogP contribution >= 0.6 is 22.7 Å². The predicted molar refractivity (Wildman–Crippen MR) is 118 cm³/mol. The summed E-state index contributed by atoms with van der Waals surface area (Å²) in [6, 6.07) is 8.69. The van der Waals surface area contributed by atoms with Crippen LogP contribution in [0.5, 0.6) is 5.75 Å². The van der Waals surface area contributed by atoms with E-state index in [4.69, 9.17) is 9.47 Å². The lowest BCUT2D eigenvalue weighted by Crippen LogP contribution is -2.39. The number of methoxy groups -OCH3 is 1. The van der Waals surface area contributed by atoms with Crippen LogP contribution in [0.25, 0.3) is 6.08 Å². The van der Waals surface area contributed by atoms with Gasteiger partial charge in [0.2, 0.25) is 0 Å². The van der Waals surface area contributed by atoms with Crippen LogP contribution in [-0.4, -0.2) is 24.3 Å². The van der Waals surface area contributed by atoms with Gasteiger partial charge in [0.1, 0.15) is 5.75 Å². The SMILES string of the molecule is CCOC(=O)C1=C(C)N=c2s/c(=C\c3ccsc3)c(=O)n2C1c1cccc(OC)c1. The Labute approximate surface area is 181 Å². The molecule has 0 saturated carbocycles. The van der Waals surface area contributed by atoms with E-state index < -0.39 is 12.0 Å². The van der Waals surface area contributed by atoms with E-state index in [1.807, 2.05) is 47.2 Å². The molecule has 1 aliphatic rings. The molecule has 0 bridgehead atoms. The number of thiophene rings is 1. The minimum absolute atomic E-state index is 0.188. The minimum atomic E-state index is -0.639. The molecule has 0 N–H and O–H groups in total. The number of fused-ring (bicyclic) bond motifs is 1. The molecule has 1 aromatic carbocycles. The largest absolute Gasteiger partial charge is 0.497 e. The summed E-state index contributed by atoms with van der Waals surface area (Å²) in [5.41, 5.74) is 2.44. The van der Waals surface area contributed by atoms with Crippen LogP contribution in [0.1, 0.15) is 31.0 Å². The summed E-state index contributed by atoms with van der Waals surface area (Å²) >= 11 is 2.88. The topological polar surface area (TPSA) is 69.9 Å². The highest BCUT2D eigenvalue weighted by molar-refractivity contribution is 7.08. The summed E-state index contributed by atoms with van der Waals surface area (Å²) in [6.45, 7) is 3.77. The van der Waals surface area contributed by atoms with Crippen LogP contribution in [0, 0.1) is 0 Å². The zero-order chi connectivity index (χ0) is 21.3. The van der Waals surface area contributed by atoms with Gasteiger partial charge in [-0.3, -0.25) is 9.36 Å². The second-order valence-corrected chi connectivity index (χ2v) is 8.42. The van der Waals surface area contributed by atoms with Crippen molar-refractivity contribution >= 4 is 34.7 Å². The van der Waals surface area contributed by atoms with Gasteiger partial charge in [-0.15, -0.1) is 0 Å². The first kappa shape index (κ1) is 20.3. The van der Waals surface area contributed by atoms with E-state index >= 15 is 0 Å². The van der Waals surface area contributed by atoms with Crippen LogP contribution in [0.3, 0.4) is 0 Å². The van der Waals surface area contributed by atoms with Crippen molar-refractivity contribution in [2.75, 3.05) is 13.7 Å². The highest BCUT2D eigenvalue weighted by Crippen LogP contribution is 2.32. The monoisotopic (exact) mass is 440 g/mol. The molecule has 0 spiro atoms. The van der Waals surface area contributed by atoms with Crippen molar-refractivity contribution in [3.8, 4) is 5.75 Å². The second kappa shape index (κ2) is 8.41. The summed E-state index contributed by atoms with van der Waals surface area (Å²) in [7, 11) is 1.58. The summed E-state index contributed by atoms with van der Waals surface area (Å²) < 4.78 is 12.8. The van der Waals surface area contributed by atoms with E-state index in [-0.39, 0.29) is 12.2 Å². The van der Waals surface area contributed by atoms with Crippen molar-refractivity contribution in [1.82, 2.24) is 4.57 Å². The van der Waals surface area contributed by atoms with Crippen LogP contribution < -0.4 is 19.6 Å². The van der Waals surface area contributed by atoms with Gasteiger partial charge >= 0.3 is 5.97 Å². The highest BCUT2D eigenvalue weighted by atomic mass is 32.1. The summed E-state index contributed by atoms with van der Waals surface area (Å²) in [5.74, 6) is 0.171. The zero-order valence-corrected chi connectivity index (χ0v) is 18.4. The summed E-state index contributed by atoms with van der Waals surface area (Å²) in [6.07, 6.45) is 1.85. The number of aromatic nitrogens is 1. The molecule has 154 valence electrons. The van der Waals surface area contributed by atoms with E-state index in [0.29, 0.717) is 26.4 Å². The number of thiazole rings is 1. The van der Waals surface area contributed by atoms with Gasteiger partial charge in [0, 0.05) is 0 Å². The van der Waals surface area contributed by atoms with Crippen molar-refractivity contribution in [2.45, 2.75) is 19.9 Å². The molecule has 0 saturated heterocycles. The van der Waals surface area contributed by atoms with Gasteiger partial charge < -0.3 is 9.47 Å². The average molecular weight is 441 g/mol. The fourth-order valence-corrected chi connectivity index (χ4v) is 5.09. The molecule has 6 nitrogen and oxygen atoms in total. The molecule has 3 aromatic rings. The third kappa shape index (κ3) is 3.64. The van der Waals surface area contributed by atoms with Crippen LogP contribution in [0.2, 0.25) is 0 Å². The van der Waals surface area contributed by atoms with Gasteiger partial charge in [0.15, 0.2) is 4.80 Å². The number of esters is 1. The Balaban J connectivity index is 1.98. The summed E-state index contributed by atoms with van der Waals surface area (Å²) in [4.78, 5) is 31.4. The maximum absolute atomic E-state index is 13.4. The maximum Gasteiger partial charge on any atom is 0.338 e. The number of hydrogen-bond acceptors (Lipinski definition) is 7. The maximum atomic E-state index is 13.4. The van der Waals surface area contributed by atoms with E-state index in [1.54, 1.807) is 36.9 Å². The van der Waals surface area contributed by atoms with E-state index in [2.05, 4.69) is 4.99 Å². The van der Waals surface area contributed by atoms with E-state index in [0.717, 1.165) is 11.1 Å². The first-order chi connectivity index (χ1) is 14.5. The van der Waals surface area contributed by atoms with Crippen molar-refractivity contribution in [1.29, 1.82) is 0 Å². The number of benzene rings is 1. The third-order valence-corrected chi connectivity index (χ3v) is 6.45. The van der Waals surface area contributed by atoms with Gasteiger partial charge in [-0.2, -0.15) is 11.3 Å². The van der Waals surface area contributed by atoms with E-state index in [9.17, 15) is 9.59 Å². The van der Waals surface area contributed by atoms with E-state index in [1.165, 1.54) is 11.3 Å². The second-order valence-electron chi connectivity index (χ2n) is 6.64. The molecule has 0 amide bonds. The Morgan fingerprint density at radius 2 is 2.17 bits per heavy atom. The molecular weight excluding hydrogens is 420 g/mol. The highest BCUT2D eigenvalue weighted by Gasteiger charge is 2.33. The molecule has 2 aromatic heterocycles. The molecule has 8 heteroatoms. The van der Waals surface area contributed by atoms with Gasteiger partial charge in [-0.05, 0) is 60.0 Å². The Bertz CT molecular complexity index is 1300. The first-order valence-corrected chi connectivity index (χ1v) is 11.1. The van der Waals surface area contributed by atoms with Crippen molar-refractivity contribution in [3.63, 3.8) is 0 Å². The smallest absolute Gasteiger partial charge is 0.338 e. The zero-order valence-electron chi connectivity index (χ0n) is 16.7. The van der Waals surface area contributed by atoms with Crippen LogP contribution in [0.4, 0.5) is 0 Å². The molecule has 3 heterocycles. The van der Waals surface area contributed by atoms with Crippen LogP contribution in [0.15, 0.2) is 62.1 Å². The molecule has 0 radical (unpaired) electrons. The van der Waals surface area contributed by atoms with Gasteiger partial charge in [0.05, 0.1) is 35.6 Å². The number of hydrogen-bond donors (Lipinski definition) is 0. The Morgan fingerprint density at radius 3 is 2.87 bits per heavy atom. The number of ether oxygens (including phenoxy) is 2. The minimum Gasteiger partial charge on any atom is -0.497 e. The molecule has 1 atom stereocenters. The lowest BCUT2D eigenvalue weighted by molar-refractivity contribution is -0.139. The summed E-state index contributed by atoms with van der Waals surface area (Å²) in [5, 5.41) is 3.94. The third-order valence-electron chi connectivity index (χ3n) is 4.77. The molecule has 30 heavy (non-hydrogen) atoms. The molecule has 1 aliphatic heterocycles. The number of carbonyl (C=O) groups excluding carboxylic acids is 1. The fraction of sp³-hybridized carbons (Fsp3) is 0.227. The quantitative estimate of drug-likeness (QED) is 0.572. The standard InChI is InChI=1S/C22H20N2O4S2/c1-4-28-21(26)18-13(2)23-22-24(19(18)15-6-5-7-16(11-15)27-3)20(25)17(30-22)10-14-8-9-29-12-14/h5-12,19H,4H2,1-3H3/b17-10-. The Morgan fingerprint density at radius 1 is 1.33 bits per heavy atom. The van der Waals surface area contributed by atoms with Crippen LogP contribution in [-0.2, 0) is 9.53 Å². The molecule has 1 unspecified atom stereocenters. The lowest BCUT2D eigenvalue weighted by Gasteiger charge is -2.24. The molecule has 0 fully saturated rings. The van der Waals surface area contributed by atoms with Crippen molar-refractivity contribution in [3.05, 3.63) is 83.2 Å². The number of allylic oxidation sites excluding steroid dienone is 1.